The second-order valence-electron chi connectivity index (χ2n) is 4.13. The molecular weight excluding hydrogens is 220 g/mol. The Bertz CT molecular complexity index is 533. The van der Waals surface area contributed by atoms with Crippen LogP contribution < -0.4 is 5.11 Å². The molecule has 0 saturated heterocycles. The number of aromatic nitrogens is 4. The van der Waals surface area contributed by atoms with Crippen LogP contribution in [-0.2, 0) is 10.3 Å². The molecule has 0 bridgehead atoms. The van der Waals surface area contributed by atoms with Crippen LogP contribution in [0.5, 0.6) is 0 Å². The molecule has 0 fully saturated rings. The zero-order chi connectivity index (χ0) is 12.5. The van der Waals surface area contributed by atoms with E-state index in [0.29, 0.717) is 5.82 Å². The summed E-state index contributed by atoms with van der Waals surface area (Å²) in [5.41, 5.74) is -0.541. The standard InChI is InChI=1S/C11H12N4O2/c1-11(2,10(16)17)15-9(12-13-14-15)8-6-4-3-5-7-8/h3-7H,1-2H3,(H,16,17)/p-1. The van der Waals surface area contributed by atoms with Gasteiger partial charge in [0.1, 0.15) is 5.54 Å². The third-order valence-electron chi connectivity index (χ3n) is 2.53. The van der Waals surface area contributed by atoms with Crippen LogP contribution in [0.3, 0.4) is 0 Å². The summed E-state index contributed by atoms with van der Waals surface area (Å²) in [7, 11) is 0. The summed E-state index contributed by atoms with van der Waals surface area (Å²) in [6, 6.07) is 9.16. The van der Waals surface area contributed by atoms with Gasteiger partial charge in [-0.2, -0.15) is 0 Å². The number of carbonyl (C=O) groups excluding carboxylic acids is 1. The smallest absolute Gasteiger partial charge is 0.182 e. The van der Waals surface area contributed by atoms with Crippen molar-refractivity contribution in [1.29, 1.82) is 0 Å². The second kappa shape index (κ2) is 3.97. The molecule has 0 radical (unpaired) electrons. The fourth-order valence-electron chi connectivity index (χ4n) is 1.42. The summed E-state index contributed by atoms with van der Waals surface area (Å²) in [5, 5.41) is 22.2. The lowest BCUT2D eigenvalue weighted by Gasteiger charge is -2.26. The first-order valence-electron chi connectivity index (χ1n) is 5.09. The van der Waals surface area contributed by atoms with E-state index in [1.54, 1.807) is 0 Å². The minimum Gasteiger partial charge on any atom is -0.548 e. The van der Waals surface area contributed by atoms with Crippen LogP contribution in [0.2, 0.25) is 0 Å². The second-order valence-corrected chi connectivity index (χ2v) is 4.13. The van der Waals surface area contributed by atoms with Crippen molar-refractivity contribution in [3.63, 3.8) is 0 Å². The summed E-state index contributed by atoms with van der Waals surface area (Å²) in [6.45, 7) is 2.98. The van der Waals surface area contributed by atoms with Gasteiger partial charge in [-0.15, -0.1) is 5.10 Å². The lowest BCUT2D eigenvalue weighted by molar-refractivity contribution is -0.316. The van der Waals surface area contributed by atoms with Crippen molar-refractivity contribution in [2.75, 3.05) is 0 Å². The number of hydrogen-bond donors (Lipinski definition) is 0. The summed E-state index contributed by atoms with van der Waals surface area (Å²) in [4.78, 5) is 11.1. The summed E-state index contributed by atoms with van der Waals surface area (Å²) >= 11 is 0. The number of rotatable bonds is 3. The number of tetrazole rings is 1. The highest BCUT2D eigenvalue weighted by molar-refractivity contribution is 5.74. The number of benzene rings is 1. The van der Waals surface area contributed by atoms with Crippen molar-refractivity contribution >= 4 is 5.97 Å². The van der Waals surface area contributed by atoms with E-state index in [9.17, 15) is 9.90 Å². The summed E-state index contributed by atoms with van der Waals surface area (Å²) in [5.74, 6) is -0.832. The predicted octanol–water partition coefficient (Wildman–Crippen LogP) is -0.175. The number of aliphatic carboxylic acids is 1. The Labute approximate surface area is 97.9 Å². The van der Waals surface area contributed by atoms with Crippen molar-refractivity contribution in [3.05, 3.63) is 30.3 Å². The lowest BCUT2D eigenvalue weighted by atomic mass is 10.1. The third kappa shape index (κ3) is 1.89. The maximum Gasteiger partial charge on any atom is 0.182 e. The molecule has 0 atom stereocenters. The molecule has 0 N–H and O–H groups in total. The molecule has 0 saturated carbocycles. The van der Waals surface area contributed by atoms with E-state index in [2.05, 4.69) is 15.5 Å². The molecule has 0 unspecified atom stereocenters. The Kier molecular flexibility index (Phi) is 2.63. The molecular formula is C11H11N4O2-. The number of hydrogen-bond acceptors (Lipinski definition) is 5. The molecule has 2 rings (SSSR count). The van der Waals surface area contributed by atoms with Gasteiger partial charge in [-0.05, 0) is 24.3 Å². The average molecular weight is 231 g/mol. The minimum atomic E-state index is -1.30. The lowest BCUT2D eigenvalue weighted by Crippen LogP contribution is -2.46. The van der Waals surface area contributed by atoms with Crippen molar-refractivity contribution in [2.24, 2.45) is 0 Å². The SMILES string of the molecule is CC(C)(C(=O)[O-])n1nnnc1-c1ccccc1. The molecule has 17 heavy (non-hydrogen) atoms. The number of carboxylic acid groups (broad SMARTS) is 1. The molecule has 2 aromatic rings. The zero-order valence-corrected chi connectivity index (χ0v) is 9.49. The van der Waals surface area contributed by atoms with E-state index in [-0.39, 0.29) is 0 Å². The van der Waals surface area contributed by atoms with E-state index in [1.807, 2.05) is 30.3 Å². The first-order valence-corrected chi connectivity index (χ1v) is 5.09. The molecule has 1 heterocycles. The van der Waals surface area contributed by atoms with Crippen molar-refractivity contribution < 1.29 is 9.90 Å². The quantitative estimate of drug-likeness (QED) is 0.732. The van der Waals surface area contributed by atoms with Crippen LogP contribution in [0.15, 0.2) is 30.3 Å². The van der Waals surface area contributed by atoms with Crippen LogP contribution in [-0.4, -0.2) is 26.2 Å². The van der Waals surface area contributed by atoms with Gasteiger partial charge in [-0.25, -0.2) is 4.68 Å². The van der Waals surface area contributed by atoms with E-state index in [0.717, 1.165) is 5.56 Å². The highest BCUT2D eigenvalue weighted by Crippen LogP contribution is 2.21. The maximum atomic E-state index is 11.1. The highest BCUT2D eigenvalue weighted by Gasteiger charge is 2.27. The zero-order valence-electron chi connectivity index (χ0n) is 9.49. The largest absolute Gasteiger partial charge is 0.548 e. The predicted molar refractivity (Wildman–Crippen MR) is 57.6 cm³/mol. The molecule has 1 aromatic carbocycles. The van der Waals surface area contributed by atoms with Gasteiger partial charge in [0.25, 0.3) is 0 Å². The Morgan fingerprint density at radius 3 is 2.53 bits per heavy atom. The minimum absolute atomic E-state index is 0.403. The molecule has 6 nitrogen and oxygen atoms in total. The fourth-order valence-corrected chi connectivity index (χ4v) is 1.42. The van der Waals surface area contributed by atoms with Crippen molar-refractivity contribution in [3.8, 4) is 11.4 Å². The molecule has 6 heteroatoms. The van der Waals surface area contributed by atoms with Crippen LogP contribution in [0.25, 0.3) is 11.4 Å². The van der Waals surface area contributed by atoms with Gasteiger partial charge in [-0.3, -0.25) is 0 Å². The van der Waals surface area contributed by atoms with E-state index < -0.39 is 11.5 Å². The first-order chi connectivity index (χ1) is 8.03. The number of carboxylic acids is 1. The van der Waals surface area contributed by atoms with Crippen molar-refractivity contribution in [2.45, 2.75) is 19.4 Å². The molecule has 0 aliphatic rings. The molecule has 0 spiro atoms. The van der Waals surface area contributed by atoms with Crippen LogP contribution in [0.4, 0.5) is 0 Å². The molecule has 0 aliphatic heterocycles. The number of carbonyl (C=O) groups is 1. The van der Waals surface area contributed by atoms with Gasteiger partial charge in [-0.1, -0.05) is 30.3 Å². The highest BCUT2D eigenvalue weighted by atomic mass is 16.4. The summed E-state index contributed by atoms with van der Waals surface area (Å²) < 4.78 is 1.25. The Balaban J connectivity index is 2.53. The topological polar surface area (TPSA) is 83.7 Å². The average Bonchev–Trinajstić information content (AvgIpc) is 2.79. The fraction of sp³-hybridized carbons (Fsp3) is 0.273. The third-order valence-corrected chi connectivity index (χ3v) is 2.53. The Morgan fingerprint density at radius 2 is 1.94 bits per heavy atom. The Morgan fingerprint density at radius 1 is 1.29 bits per heavy atom. The van der Waals surface area contributed by atoms with Crippen LogP contribution in [0.1, 0.15) is 13.8 Å². The van der Waals surface area contributed by atoms with Gasteiger partial charge in [0.05, 0.1) is 5.97 Å². The van der Waals surface area contributed by atoms with Gasteiger partial charge in [0, 0.05) is 5.56 Å². The first kappa shape index (κ1) is 11.3. The summed E-state index contributed by atoms with van der Waals surface area (Å²) in [6.07, 6.45) is 0. The van der Waals surface area contributed by atoms with Crippen molar-refractivity contribution in [1.82, 2.24) is 20.2 Å². The van der Waals surface area contributed by atoms with Crippen LogP contribution in [0, 0.1) is 0 Å². The van der Waals surface area contributed by atoms with E-state index in [1.165, 1.54) is 18.5 Å². The van der Waals surface area contributed by atoms with Crippen LogP contribution >= 0.6 is 0 Å². The van der Waals surface area contributed by atoms with Gasteiger partial charge in [0.2, 0.25) is 0 Å². The molecule has 88 valence electrons. The Hall–Kier alpha value is -2.24. The molecule has 0 aliphatic carbocycles. The van der Waals surface area contributed by atoms with E-state index >= 15 is 0 Å². The van der Waals surface area contributed by atoms with E-state index in [4.69, 9.17) is 0 Å². The maximum absolute atomic E-state index is 11.1. The number of nitrogens with zero attached hydrogens (tertiary/aromatic N) is 4. The van der Waals surface area contributed by atoms with Gasteiger partial charge in [0.15, 0.2) is 5.82 Å². The molecule has 0 amide bonds. The molecule has 1 aromatic heterocycles. The van der Waals surface area contributed by atoms with Gasteiger partial charge < -0.3 is 9.90 Å². The monoisotopic (exact) mass is 231 g/mol. The normalized spacial score (nSPS) is 11.4. The van der Waals surface area contributed by atoms with Gasteiger partial charge >= 0.3 is 0 Å².